The number of rotatable bonds is 10. The van der Waals surface area contributed by atoms with E-state index >= 15 is 0 Å². The van der Waals surface area contributed by atoms with Crippen molar-refractivity contribution in [3.8, 4) is 22.6 Å². The molecule has 5 rings (SSSR count). The summed E-state index contributed by atoms with van der Waals surface area (Å²) in [6, 6.07) is 35.4. The number of carboxylic acids is 1. The van der Waals surface area contributed by atoms with Gasteiger partial charge in [0, 0.05) is 27.7 Å². The van der Waals surface area contributed by atoms with Gasteiger partial charge in [-0.3, -0.25) is 4.79 Å². The van der Waals surface area contributed by atoms with Gasteiger partial charge in [-0.25, -0.2) is 4.79 Å². The van der Waals surface area contributed by atoms with E-state index in [1.54, 1.807) is 36.4 Å². The van der Waals surface area contributed by atoms with E-state index in [9.17, 15) is 14.7 Å². The first-order valence-electron chi connectivity index (χ1n) is 13.1. The number of carbonyl (C=O) groups is 2. The Morgan fingerprint density at radius 3 is 2.14 bits per heavy atom. The molecule has 210 valence electrons. The molecule has 0 bridgehead atoms. The monoisotopic (exact) mass is 596 g/mol. The van der Waals surface area contributed by atoms with Crippen LogP contribution in [0.2, 0.25) is 10.0 Å². The largest absolute Gasteiger partial charge is 0.480 e. The molecule has 6 nitrogen and oxygen atoms in total. The molecule has 0 spiro atoms. The maximum absolute atomic E-state index is 13.3. The molecular formula is C34H26Cl2N2O4. The molecule has 0 aliphatic rings. The second kappa shape index (κ2) is 13.3. The first-order valence-corrected chi connectivity index (χ1v) is 13.9. The van der Waals surface area contributed by atoms with Crippen LogP contribution in [-0.4, -0.2) is 23.0 Å². The topological polar surface area (TPSA) is 87.7 Å². The van der Waals surface area contributed by atoms with Crippen LogP contribution in [0.3, 0.4) is 0 Å². The van der Waals surface area contributed by atoms with Gasteiger partial charge in [-0.15, -0.1) is 0 Å². The number of hydrogen-bond acceptors (Lipinski definition) is 4. The van der Waals surface area contributed by atoms with Crippen LogP contribution < -0.4 is 15.4 Å². The Morgan fingerprint density at radius 1 is 0.762 bits per heavy atom. The predicted molar refractivity (Wildman–Crippen MR) is 167 cm³/mol. The lowest BCUT2D eigenvalue weighted by Gasteiger charge is -2.18. The van der Waals surface area contributed by atoms with Gasteiger partial charge in [0.25, 0.3) is 5.91 Å². The second-order valence-corrected chi connectivity index (χ2v) is 10.4. The molecule has 0 saturated heterocycles. The number of para-hydroxylation sites is 2. The van der Waals surface area contributed by atoms with Gasteiger partial charge in [0.1, 0.15) is 17.5 Å². The molecule has 42 heavy (non-hydrogen) atoms. The van der Waals surface area contributed by atoms with Crippen LogP contribution in [0.1, 0.15) is 15.9 Å². The molecule has 1 atom stereocenters. The van der Waals surface area contributed by atoms with Gasteiger partial charge in [0.15, 0.2) is 0 Å². The maximum Gasteiger partial charge on any atom is 0.326 e. The Bertz CT molecular complexity index is 1690. The van der Waals surface area contributed by atoms with Crippen LogP contribution in [0.5, 0.6) is 11.5 Å². The third-order valence-electron chi connectivity index (χ3n) is 6.52. The number of nitrogens with one attached hydrogen (secondary N) is 2. The zero-order valence-corrected chi connectivity index (χ0v) is 23.8. The molecule has 3 N–H and O–H groups in total. The van der Waals surface area contributed by atoms with E-state index in [2.05, 4.69) is 10.6 Å². The molecule has 0 fully saturated rings. The van der Waals surface area contributed by atoms with Gasteiger partial charge >= 0.3 is 5.97 Å². The highest BCUT2D eigenvalue weighted by atomic mass is 35.5. The number of carbonyl (C=O) groups excluding carboxylic acids is 1. The van der Waals surface area contributed by atoms with Gasteiger partial charge in [0.2, 0.25) is 0 Å². The number of hydrogen-bond donors (Lipinski definition) is 3. The van der Waals surface area contributed by atoms with Crippen molar-refractivity contribution in [1.29, 1.82) is 0 Å². The normalized spacial score (nSPS) is 11.4. The van der Waals surface area contributed by atoms with E-state index < -0.39 is 17.9 Å². The molecule has 0 aliphatic carbocycles. The zero-order chi connectivity index (χ0) is 29.5. The summed E-state index contributed by atoms with van der Waals surface area (Å²) in [5.74, 6) is -0.280. The van der Waals surface area contributed by atoms with E-state index in [-0.39, 0.29) is 12.0 Å². The second-order valence-electron chi connectivity index (χ2n) is 9.50. The lowest BCUT2D eigenvalue weighted by Crippen LogP contribution is -2.42. The molecule has 0 aliphatic heterocycles. The number of aliphatic carboxylic acids is 1. The summed E-state index contributed by atoms with van der Waals surface area (Å²) in [4.78, 5) is 25.5. The summed E-state index contributed by atoms with van der Waals surface area (Å²) >= 11 is 12.2. The predicted octanol–water partition coefficient (Wildman–Crippen LogP) is 8.62. The standard InChI is InChI=1S/C34H26Cl2N2O4/c35-24-14-17-26(18-15-24)37-30-19-16-25(36)21-29(30)33(39)38-31(34(40)41)20-22-10-12-23(13-11-22)28-8-4-5-9-32(28)42-27-6-2-1-3-7-27/h1-19,21,31,37H,20H2,(H,38,39)(H,40,41)/t31-/m0/s1. The Balaban J connectivity index is 1.31. The third-order valence-corrected chi connectivity index (χ3v) is 7.00. The van der Waals surface area contributed by atoms with E-state index in [0.717, 1.165) is 22.4 Å². The van der Waals surface area contributed by atoms with Crippen molar-refractivity contribution in [2.24, 2.45) is 0 Å². The fourth-order valence-electron chi connectivity index (χ4n) is 4.40. The van der Waals surface area contributed by atoms with Crippen LogP contribution in [0.4, 0.5) is 11.4 Å². The fraction of sp³-hybridized carbons (Fsp3) is 0.0588. The lowest BCUT2D eigenvalue weighted by atomic mass is 9.99. The minimum absolute atomic E-state index is 0.0873. The van der Waals surface area contributed by atoms with Crippen molar-refractivity contribution in [3.63, 3.8) is 0 Å². The Kier molecular flexibility index (Phi) is 9.07. The average Bonchev–Trinajstić information content (AvgIpc) is 3.00. The molecule has 0 unspecified atom stereocenters. The molecule has 0 saturated carbocycles. The number of carboxylic acid groups (broad SMARTS) is 1. The van der Waals surface area contributed by atoms with Crippen LogP contribution in [0.15, 0.2) is 121 Å². The highest BCUT2D eigenvalue weighted by Crippen LogP contribution is 2.33. The highest BCUT2D eigenvalue weighted by Gasteiger charge is 2.23. The molecule has 8 heteroatoms. The summed E-state index contributed by atoms with van der Waals surface area (Å²) in [6.45, 7) is 0. The van der Waals surface area contributed by atoms with Crippen molar-refractivity contribution < 1.29 is 19.4 Å². The number of ether oxygens (including phenoxy) is 1. The van der Waals surface area contributed by atoms with Gasteiger partial charge in [-0.05, 0) is 71.8 Å². The van der Waals surface area contributed by atoms with Crippen LogP contribution in [0, 0.1) is 0 Å². The minimum atomic E-state index is -1.17. The number of anilines is 2. The Morgan fingerprint density at radius 2 is 1.43 bits per heavy atom. The number of halogens is 2. The SMILES string of the molecule is O=C(N[C@@H](Cc1ccc(-c2ccccc2Oc2ccccc2)cc1)C(=O)O)c1cc(Cl)ccc1Nc1ccc(Cl)cc1. The molecule has 0 heterocycles. The molecule has 5 aromatic rings. The number of amides is 1. The van der Waals surface area contributed by atoms with Crippen molar-refractivity contribution >= 4 is 46.5 Å². The van der Waals surface area contributed by atoms with Crippen LogP contribution in [0.25, 0.3) is 11.1 Å². The van der Waals surface area contributed by atoms with Crippen LogP contribution >= 0.6 is 23.2 Å². The molecular weight excluding hydrogens is 571 g/mol. The summed E-state index contributed by atoms with van der Waals surface area (Å²) in [5.41, 5.74) is 3.97. The summed E-state index contributed by atoms with van der Waals surface area (Å²) in [5, 5.41) is 16.7. The van der Waals surface area contributed by atoms with Crippen molar-refractivity contribution in [2.45, 2.75) is 12.5 Å². The fourth-order valence-corrected chi connectivity index (χ4v) is 4.70. The van der Waals surface area contributed by atoms with E-state index in [4.69, 9.17) is 27.9 Å². The quantitative estimate of drug-likeness (QED) is 0.150. The Hall–Kier alpha value is -4.78. The van der Waals surface area contributed by atoms with E-state index in [0.29, 0.717) is 27.2 Å². The first kappa shape index (κ1) is 28.7. The Labute approximate surface area is 253 Å². The summed E-state index contributed by atoms with van der Waals surface area (Å²) in [7, 11) is 0. The van der Waals surface area contributed by atoms with E-state index in [1.807, 2.05) is 78.9 Å². The highest BCUT2D eigenvalue weighted by molar-refractivity contribution is 6.31. The van der Waals surface area contributed by atoms with Crippen molar-refractivity contribution in [2.75, 3.05) is 5.32 Å². The molecule has 1 amide bonds. The minimum Gasteiger partial charge on any atom is -0.480 e. The molecule has 5 aromatic carbocycles. The average molecular weight is 597 g/mol. The van der Waals surface area contributed by atoms with Crippen molar-refractivity contribution in [3.05, 3.63) is 142 Å². The van der Waals surface area contributed by atoms with Crippen LogP contribution in [-0.2, 0) is 11.2 Å². The summed E-state index contributed by atoms with van der Waals surface area (Å²) in [6.07, 6.45) is 0.0873. The molecule has 0 aromatic heterocycles. The lowest BCUT2D eigenvalue weighted by molar-refractivity contribution is -0.139. The summed E-state index contributed by atoms with van der Waals surface area (Å²) < 4.78 is 6.09. The maximum atomic E-state index is 13.3. The number of benzene rings is 5. The van der Waals surface area contributed by atoms with Gasteiger partial charge in [-0.2, -0.15) is 0 Å². The van der Waals surface area contributed by atoms with Gasteiger partial charge < -0.3 is 20.5 Å². The van der Waals surface area contributed by atoms with Crippen molar-refractivity contribution in [1.82, 2.24) is 5.32 Å². The molecule has 0 radical (unpaired) electrons. The third kappa shape index (κ3) is 7.29. The van der Waals surface area contributed by atoms with Gasteiger partial charge in [0.05, 0.1) is 11.3 Å². The van der Waals surface area contributed by atoms with E-state index in [1.165, 1.54) is 6.07 Å². The zero-order valence-electron chi connectivity index (χ0n) is 22.3. The van der Waals surface area contributed by atoms with Gasteiger partial charge in [-0.1, -0.05) is 83.9 Å². The first-order chi connectivity index (χ1) is 20.4. The smallest absolute Gasteiger partial charge is 0.326 e.